The smallest absolute Gasteiger partial charge is 0.343 e. The molecule has 40 heavy (non-hydrogen) atoms. The Morgan fingerprint density at radius 1 is 0.675 bits per heavy atom. The van der Waals surface area contributed by atoms with Crippen LogP contribution in [0.2, 0.25) is 0 Å². The first kappa shape index (κ1) is 31.2. The molecule has 3 rings (SSSR count). The second-order valence-electron chi connectivity index (χ2n) is 10.4. The van der Waals surface area contributed by atoms with Gasteiger partial charge in [0.1, 0.15) is 22.6 Å². The molecule has 214 valence electrons. The molecular formula is C34H41ClO5. The monoisotopic (exact) mass is 564 g/mol. The molecule has 0 saturated carbocycles. The summed E-state index contributed by atoms with van der Waals surface area (Å²) in [5, 5.41) is -0.665. The van der Waals surface area contributed by atoms with Crippen LogP contribution in [0.25, 0.3) is 0 Å². The molecular weight excluding hydrogens is 524 g/mol. The molecule has 0 aliphatic carbocycles. The predicted octanol–water partition coefficient (Wildman–Crippen LogP) is 8.60. The standard InChI is InChI=1S/C34H41ClO5/c1-4-5-6-7-8-9-24-38-29-22-16-28(17-23-29)33(36)39-30-18-12-26(13-19-30)10-11-27-14-20-31(21-15-27)40-34(37)32(35)25(2)3/h12-23,25,32H,4-11,24H2,1-3H3/t32-/m0/s1. The van der Waals surface area contributed by atoms with E-state index in [0.29, 0.717) is 23.7 Å². The highest BCUT2D eigenvalue weighted by molar-refractivity contribution is 6.30. The summed E-state index contributed by atoms with van der Waals surface area (Å²) < 4.78 is 16.7. The maximum atomic E-state index is 12.6. The van der Waals surface area contributed by atoms with Gasteiger partial charge in [-0.3, -0.25) is 4.79 Å². The van der Waals surface area contributed by atoms with Crippen LogP contribution in [0.5, 0.6) is 17.2 Å². The molecule has 0 saturated heterocycles. The van der Waals surface area contributed by atoms with Crippen LogP contribution in [0.4, 0.5) is 0 Å². The van der Waals surface area contributed by atoms with Crippen LogP contribution in [0.15, 0.2) is 72.8 Å². The highest BCUT2D eigenvalue weighted by Gasteiger charge is 2.21. The van der Waals surface area contributed by atoms with Gasteiger partial charge in [0.05, 0.1) is 12.2 Å². The zero-order valence-electron chi connectivity index (χ0n) is 23.9. The van der Waals surface area contributed by atoms with Crippen LogP contribution >= 0.6 is 11.6 Å². The van der Waals surface area contributed by atoms with Crippen molar-refractivity contribution in [1.29, 1.82) is 0 Å². The Bertz CT molecular complexity index is 1170. The van der Waals surface area contributed by atoms with Gasteiger partial charge in [-0.2, -0.15) is 0 Å². The number of alkyl halides is 1. The average Bonchev–Trinajstić information content (AvgIpc) is 2.97. The van der Waals surface area contributed by atoms with Crippen LogP contribution in [0.3, 0.4) is 0 Å². The van der Waals surface area contributed by atoms with Crippen LogP contribution in [-0.4, -0.2) is 23.9 Å². The molecule has 0 amide bonds. The van der Waals surface area contributed by atoms with E-state index in [2.05, 4.69) is 6.92 Å². The quantitative estimate of drug-likeness (QED) is 0.0754. The van der Waals surface area contributed by atoms with Crippen LogP contribution in [0.1, 0.15) is 80.8 Å². The highest BCUT2D eigenvalue weighted by atomic mass is 35.5. The average molecular weight is 565 g/mol. The number of carbonyl (C=O) groups excluding carboxylic acids is 2. The van der Waals surface area contributed by atoms with Gasteiger partial charge < -0.3 is 14.2 Å². The summed E-state index contributed by atoms with van der Waals surface area (Å²) in [4.78, 5) is 24.6. The number of rotatable bonds is 16. The van der Waals surface area contributed by atoms with Crippen molar-refractivity contribution in [3.05, 3.63) is 89.5 Å². The molecule has 0 bridgehead atoms. The van der Waals surface area contributed by atoms with Gasteiger partial charge in [-0.15, -0.1) is 11.6 Å². The van der Waals surface area contributed by atoms with E-state index in [-0.39, 0.29) is 5.92 Å². The highest BCUT2D eigenvalue weighted by Crippen LogP contribution is 2.20. The Balaban J connectivity index is 1.40. The molecule has 0 unspecified atom stereocenters. The van der Waals surface area contributed by atoms with Crippen molar-refractivity contribution in [2.24, 2.45) is 5.92 Å². The Hall–Kier alpha value is -3.31. The normalized spacial score (nSPS) is 11.7. The maximum absolute atomic E-state index is 12.6. The van der Waals surface area contributed by atoms with Crippen molar-refractivity contribution in [2.75, 3.05) is 6.61 Å². The molecule has 0 aliphatic heterocycles. The summed E-state index contributed by atoms with van der Waals surface area (Å²) in [7, 11) is 0. The van der Waals surface area contributed by atoms with Gasteiger partial charge >= 0.3 is 11.9 Å². The number of halogens is 1. The van der Waals surface area contributed by atoms with E-state index in [1.54, 1.807) is 24.3 Å². The number of hydrogen-bond donors (Lipinski definition) is 0. The fraction of sp³-hybridized carbons (Fsp3) is 0.412. The largest absolute Gasteiger partial charge is 0.494 e. The molecule has 0 aliphatic rings. The lowest BCUT2D eigenvalue weighted by Gasteiger charge is -2.12. The summed E-state index contributed by atoms with van der Waals surface area (Å²) in [5.41, 5.74) is 2.74. The van der Waals surface area contributed by atoms with E-state index in [1.165, 1.54) is 32.1 Å². The van der Waals surface area contributed by atoms with E-state index >= 15 is 0 Å². The molecule has 6 heteroatoms. The van der Waals surface area contributed by atoms with Gasteiger partial charge in [0, 0.05) is 0 Å². The lowest BCUT2D eigenvalue weighted by molar-refractivity contribution is -0.134. The molecule has 5 nitrogen and oxygen atoms in total. The van der Waals surface area contributed by atoms with Gasteiger partial charge in [0.15, 0.2) is 0 Å². The molecule has 0 N–H and O–H groups in total. The Morgan fingerprint density at radius 2 is 1.18 bits per heavy atom. The van der Waals surface area contributed by atoms with Crippen molar-refractivity contribution >= 4 is 23.5 Å². The summed E-state index contributed by atoms with van der Waals surface area (Å²) >= 11 is 6.07. The first-order valence-corrected chi connectivity index (χ1v) is 14.8. The maximum Gasteiger partial charge on any atom is 0.343 e. The first-order chi connectivity index (χ1) is 19.4. The van der Waals surface area contributed by atoms with E-state index in [1.807, 2.05) is 62.4 Å². The number of hydrogen-bond acceptors (Lipinski definition) is 5. The third-order valence-electron chi connectivity index (χ3n) is 6.65. The molecule has 3 aromatic rings. The summed E-state index contributed by atoms with van der Waals surface area (Å²) in [6, 6.07) is 22.1. The second kappa shape index (κ2) is 16.7. The van der Waals surface area contributed by atoms with Crippen molar-refractivity contribution < 1.29 is 23.8 Å². The fourth-order valence-electron chi connectivity index (χ4n) is 4.11. The van der Waals surface area contributed by atoms with Gasteiger partial charge in [-0.05, 0) is 84.8 Å². The number of ether oxygens (including phenoxy) is 3. The number of benzene rings is 3. The molecule has 0 spiro atoms. The van der Waals surface area contributed by atoms with Gasteiger partial charge in [0.25, 0.3) is 0 Å². The lowest BCUT2D eigenvalue weighted by atomic mass is 10.0. The van der Waals surface area contributed by atoms with E-state index < -0.39 is 17.3 Å². The number of aryl methyl sites for hydroxylation is 2. The zero-order chi connectivity index (χ0) is 28.7. The molecule has 0 heterocycles. The minimum Gasteiger partial charge on any atom is -0.494 e. The third-order valence-corrected chi connectivity index (χ3v) is 7.33. The summed E-state index contributed by atoms with van der Waals surface area (Å²) in [5.74, 6) is 0.929. The van der Waals surface area contributed by atoms with Crippen LogP contribution in [-0.2, 0) is 17.6 Å². The van der Waals surface area contributed by atoms with Crippen molar-refractivity contribution in [1.82, 2.24) is 0 Å². The second-order valence-corrected chi connectivity index (χ2v) is 10.9. The van der Waals surface area contributed by atoms with Gasteiger partial charge in [-0.1, -0.05) is 77.1 Å². The van der Waals surface area contributed by atoms with E-state index in [4.69, 9.17) is 25.8 Å². The van der Waals surface area contributed by atoms with Gasteiger partial charge in [0.2, 0.25) is 0 Å². The van der Waals surface area contributed by atoms with Crippen LogP contribution < -0.4 is 14.2 Å². The minimum atomic E-state index is -0.665. The van der Waals surface area contributed by atoms with Gasteiger partial charge in [-0.25, -0.2) is 4.79 Å². The number of carbonyl (C=O) groups is 2. The van der Waals surface area contributed by atoms with Crippen molar-refractivity contribution in [3.8, 4) is 17.2 Å². The first-order valence-electron chi connectivity index (χ1n) is 14.3. The molecule has 1 atom stereocenters. The number of unbranched alkanes of at least 4 members (excludes halogenated alkanes) is 5. The Labute approximate surface area is 243 Å². The lowest BCUT2D eigenvalue weighted by Crippen LogP contribution is -2.25. The van der Waals surface area contributed by atoms with Crippen molar-refractivity contribution in [2.45, 2.75) is 77.5 Å². The van der Waals surface area contributed by atoms with Crippen LogP contribution in [0, 0.1) is 5.92 Å². The SMILES string of the molecule is CCCCCCCCOc1ccc(C(=O)Oc2ccc(CCc3ccc(OC(=O)[C@@H](Cl)C(C)C)cc3)cc2)cc1. The zero-order valence-corrected chi connectivity index (χ0v) is 24.6. The molecule has 3 aromatic carbocycles. The third kappa shape index (κ3) is 10.7. The Morgan fingerprint density at radius 3 is 1.73 bits per heavy atom. The Kier molecular flexibility index (Phi) is 13.0. The number of esters is 2. The summed E-state index contributed by atoms with van der Waals surface area (Å²) in [6.45, 7) is 6.67. The molecule has 0 fully saturated rings. The van der Waals surface area contributed by atoms with Crippen molar-refractivity contribution in [3.63, 3.8) is 0 Å². The van der Waals surface area contributed by atoms with E-state index in [9.17, 15) is 9.59 Å². The molecule has 0 radical (unpaired) electrons. The minimum absolute atomic E-state index is 0.00868. The van der Waals surface area contributed by atoms with E-state index in [0.717, 1.165) is 36.1 Å². The fourth-order valence-corrected chi connectivity index (χ4v) is 4.15. The topological polar surface area (TPSA) is 61.8 Å². The summed E-state index contributed by atoms with van der Waals surface area (Å²) in [6.07, 6.45) is 8.98. The molecule has 0 aromatic heterocycles. The predicted molar refractivity (Wildman–Crippen MR) is 161 cm³/mol.